The van der Waals surface area contributed by atoms with Gasteiger partial charge in [0.15, 0.2) is 0 Å². The fourth-order valence-corrected chi connectivity index (χ4v) is 4.79. The molecule has 1 atom stereocenters. The smallest absolute Gasteiger partial charge is 0.251 e. The number of fused-ring (bicyclic) bond motifs is 1. The number of piperidine rings is 1. The lowest BCUT2D eigenvalue weighted by Gasteiger charge is -2.33. The molecule has 32 heavy (non-hydrogen) atoms. The van der Waals surface area contributed by atoms with Crippen molar-refractivity contribution in [3.8, 4) is 16.9 Å². The van der Waals surface area contributed by atoms with Crippen molar-refractivity contribution < 1.29 is 14.3 Å². The van der Waals surface area contributed by atoms with Gasteiger partial charge < -0.3 is 14.4 Å². The van der Waals surface area contributed by atoms with Crippen LogP contribution in [0.4, 0.5) is 0 Å². The molecule has 0 aliphatic carbocycles. The molecule has 5 rings (SSSR count). The second-order valence-electron chi connectivity index (χ2n) is 8.72. The van der Waals surface area contributed by atoms with Crippen molar-refractivity contribution in [1.29, 1.82) is 0 Å². The Balaban J connectivity index is 1.20. The summed E-state index contributed by atoms with van der Waals surface area (Å²) in [6.07, 6.45) is 6.32. The summed E-state index contributed by atoms with van der Waals surface area (Å²) >= 11 is 0. The fourth-order valence-electron chi connectivity index (χ4n) is 4.79. The van der Waals surface area contributed by atoms with Crippen LogP contribution in [0.3, 0.4) is 0 Å². The zero-order valence-corrected chi connectivity index (χ0v) is 18.6. The number of rotatable bonds is 5. The number of ether oxygens (including phenoxy) is 2. The van der Waals surface area contributed by atoms with Gasteiger partial charge in [-0.3, -0.25) is 9.78 Å². The van der Waals surface area contributed by atoms with Gasteiger partial charge in [0.1, 0.15) is 18.0 Å². The first kappa shape index (κ1) is 21.0. The number of carbonyl (C=O) groups excluding carboxylic acids is 1. The SMILES string of the molecule is CCc1nccc2cc(-c3ccc(OC4CCN(C(=O)C5CCCO5)CC4)cc3)ccc12. The Hall–Kier alpha value is -2.92. The molecule has 5 heteroatoms. The lowest BCUT2D eigenvalue weighted by atomic mass is 10.0. The molecular weight excluding hydrogens is 400 g/mol. The summed E-state index contributed by atoms with van der Waals surface area (Å²) in [4.78, 5) is 18.9. The van der Waals surface area contributed by atoms with Gasteiger partial charge in [-0.1, -0.05) is 31.2 Å². The summed E-state index contributed by atoms with van der Waals surface area (Å²) in [7, 11) is 0. The number of aryl methyl sites for hydroxylation is 1. The normalized spacial score (nSPS) is 19.4. The molecule has 3 heterocycles. The monoisotopic (exact) mass is 430 g/mol. The van der Waals surface area contributed by atoms with Gasteiger partial charge >= 0.3 is 0 Å². The van der Waals surface area contributed by atoms with E-state index in [0.717, 1.165) is 56.6 Å². The van der Waals surface area contributed by atoms with E-state index < -0.39 is 0 Å². The zero-order valence-electron chi connectivity index (χ0n) is 18.6. The quantitative estimate of drug-likeness (QED) is 0.571. The highest BCUT2D eigenvalue weighted by Gasteiger charge is 2.31. The number of pyridine rings is 1. The molecule has 2 aromatic carbocycles. The average Bonchev–Trinajstić information content (AvgIpc) is 3.39. The molecule has 3 aromatic rings. The zero-order chi connectivity index (χ0) is 21.9. The molecular formula is C27H30N2O3. The summed E-state index contributed by atoms with van der Waals surface area (Å²) in [5.74, 6) is 1.04. The number of hydrogen-bond acceptors (Lipinski definition) is 4. The van der Waals surface area contributed by atoms with Crippen LogP contribution in [0.15, 0.2) is 54.7 Å². The van der Waals surface area contributed by atoms with Crippen molar-refractivity contribution in [2.24, 2.45) is 0 Å². The minimum atomic E-state index is -0.222. The summed E-state index contributed by atoms with van der Waals surface area (Å²) in [6, 6.07) is 17.0. The second kappa shape index (κ2) is 9.29. The molecule has 0 N–H and O–H groups in total. The van der Waals surface area contributed by atoms with E-state index in [-0.39, 0.29) is 18.1 Å². The van der Waals surface area contributed by atoms with Gasteiger partial charge in [0.05, 0.1) is 0 Å². The Kier molecular flexibility index (Phi) is 6.08. The number of nitrogens with zero attached hydrogens (tertiary/aromatic N) is 2. The first-order valence-corrected chi connectivity index (χ1v) is 11.8. The van der Waals surface area contributed by atoms with Gasteiger partial charge in [0.25, 0.3) is 5.91 Å². The molecule has 1 aromatic heterocycles. The molecule has 1 amide bonds. The standard InChI is InChI=1S/C27H30N2O3/c1-2-25-24-10-7-20(18-21(24)11-14-28-25)19-5-8-22(9-6-19)32-23-12-15-29(16-13-23)27(30)26-4-3-17-31-26/h5-11,14,18,23,26H,2-4,12-13,15-17H2,1H3. The second-order valence-corrected chi connectivity index (χ2v) is 8.72. The Bertz CT molecular complexity index is 1080. The van der Waals surface area contributed by atoms with Gasteiger partial charge in [-0.05, 0) is 60.0 Å². The highest BCUT2D eigenvalue weighted by molar-refractivity contribution is 5.88. The number of amides is 1. The number of carbonyl (C=O) groups is 1. The van der Waals surface area contributed by atoms with E-state index in [0.29, 0.717) is 6.61 Å². The van der Waals surface area contributed by atoms with E-state index in [1.54, 1.807) is 0 Å². The van der Waals surface area contributed by atoms with E-state index in [2.05, 4.69) is 48.3 Å². The van der Waals surface area contributed by atoms with Crippen molar-refractivity contribution in [1.82, 2.24) is 9.88 Å². The molecule has 166 valence electrons. The first-order chi connectivity index (χ1) is 15.7. The molecule has 2 saturated heterocycles. The largest absolute Gasteiger partial charge is 0.490 e. The first-order valence-electron chi connectivity index (χ1n) is 11.8. The highest BCUT2D eigenvalue weighted by atomic mass is 16.5. The molecule has 0 radical (unpaired) electrons. The Labute approximate surface area is 189 Å². The lowest BCUT2D eigenvalue weighted by molar-refractivity contribution is -0.142. The molecule has 2 fully saturated rings. The van der Waals surface area contributed by atoms with Crippen molar-refractivity contribution >= 4 is 16.7 Å². The van der Waals surface area contributed by atoms with E-state index in [4.69, 9.17) is 9.47 Å². The Morgan fingerprint density at radius 1 is 1.06 bits per heavy atom. The van der Waals surface area contributed by atoms with Crippen molar-refractivity contribution in [2.75, 3.05) is 19.7 Å². The highest BCUT2D eigenvalue weighted by Crippen LogP contribution is 2.28. The lowest BCUT2D eigenvalue weighted by Crippen LogP contribution is -2.45. The van der Waals surface area contributed by atoms with Crippen LogP contribution < -0.4 is 4.74 Å². The van der Waals surface area contributed by atoms with Gasteiger partial charge in [0.2, 0.25) is 0 Å². The molecule has 1 unspecified atom stereocenters. The maximum Gasteiger partial charge on any atom is 0.251 e. The van der Waals surface area contributed by atoms with Crippen LogP contribution in [-0.2, 0) is 16.0 Å². The predicted octanol–water partition coefficient (Wildman–Crippen LogP) is 5.01. The van der Waals surface area contributed by atoms with Crippen LogP contribution in [0, 0.1) is 0 Å². The van der Waals surface area contributed by atoms with Crippen LogP contribution in [0.5, 0.6) is 5.75 Å². The van der Waals surface area contributed by atoms with E-state index in [1.807, 2.05) is 23.2 Å². The van der Waals surface area contributed by atoms with Crippen LogP contribution in [0.25, 0.3) is 21.9 Å². The Morgan fingerprint density at radius 3 is 2.56 bits per heavy atom. The molecule has 2 aliphatic rings. The van der Waals surface area contributed by atoms with Gasteiger partial charge in [0, 0.05) is 49.8 Å². The van der Waals surface area contributed by atoms with E-state index in [1.165, 1.54) is 21.9 Å². The molecule has 0 spiro atoms. The van der Waals surface area contributed by atoms with Crippen molar-refractivity contribution in [3.63, 3.8) is 0 Å². The van der Waals surface area contributed by atoms with Gasteiger partial charge in [-0.15, -0.1) is 0 Å². The summed E-state index contributed by atoms with van der Waals surface area (Å²) in [5, 5.41) is 2.45. The molecule has 0 bridgehead atoms. The number of aromatic nitrogens is 1. The van der Waals surface area contributed by atoms with Crippen LogP contribution in [-0.4, -0.2) is 47.7 Å². The average molecular weight is 431 g/mol. The molecule has 0 saturated carbocycles. The van der Waals surface area contributed by atoms with Crippen LogP contribution >= 0.6 is 0 Å². The van der Waals surface area contributed by atoms with Gasteiger partial charge in [-0.25, -0.2) is 0 Å². The van der Waals surface area contributed by atoms with E-state index in [9.17, 15) is 4.79 Å². The number of hydrogen-bond donors (Lipinski definition) is 0. The van der Waals surface area contributed by atoms with Crippen LogP contribution in [0.1, 0.15) is 38.3 Å². The minimum absolute atomic E-state index is 0.148. The number of likely N-dealkylation sites (tertiary alicyclic amines) is 1. The van der Waals surface area contributed by atoms with E-state index >= 15 is 0 Å². The predicted molar refractivity (Wildman–Crippen MR) is 126 cm³/mol. The van der Waals surface area contributed by atoms with Crippen molar-refractivity contribution in [3.05, 3.63) is 60.4 Å². The summed E-state index contributed by atoms with van der Waals surface area (Å²) in [6.45, 7) is 4.34. The third-order valence-corrected chi connectivity index (χ3v) is 6.63. The maximum atomic E-state index is 12.5. The minimum Gasteiger partial charge on any atom is -0.490 e. The third-order valence-electron chi connectivity index (χ3n) is 6.63. The summed E-state index contributed by atoms with van der Waals surface area (Å²) < 4.78 is 11.8. The number of benzene rings is 2. The molecule has 5 nitrogen and oxygen atoms in total. The summed E-state index contributed by atoms with van der Waals surface area (Å²) in [5.41, 5.74) is 3.51. The maximum absolute atomic E-state index is 12.5. The van der Waals surface area contributed by atoms with Crippen LogP contribution in [0.2, 0.25) is 0 Å². The fraction of sp³-hybridized carbons (Fsp3) is 0.407. The van der Waals surface area contributed by atoms with Gasteiger partial charge in [-0.2, -0.15) is 0 Å². The topological polar surface area (TPSA) is 51.7 Å². The molecule has 2 aliphatic heterocycles. The van der Waals surface area contributed by atoms with Crippen molar-refractivity contribution in [2.45, 2.75) is 51.2 Å². The Morgan fingerprint density at radius 2 is 1.84 bits per heavy atom. The third kappa shape index (κ3) is 4.35.